The molecule has 6 heteroatoms. The van der Waals surface area contributed by atoms with Crippen LogP contribution < -0.4 is 11.1 Å². The van der Waals surface area contributed by atoms with Crippen molar-refractivity contribution in [3.05, 3.63) is 57.5 Å². The van der Waals surface area contributed by atoms with Gasteiger partial charge in [-0.3, -0.25) is 0 Å². The molecule has 118 valence electrons. The minimum absolute atomic E-state index is 0.248. The molecule has 2 rings (SSSR count). The molecule has 2 aromatic rings. The molecule has 0 unspecified atom stereocenters. The van der Waals surface area contributed by atoms with Crippen LogP contribution in [-0.4, -0.2) is 19.6 Å². The molecule has 0 aliphatic heterocycles. The number of rotatable bonds is 7. The molecule has 0 radical (unpaired) electrons. The second kappa shape index (κ2) is 8.51. The van der Waals surface area contributed by atoms with Crippen molar-refractivity contribution in [2.24, 2.45) is 10.7 Å². The van der Waals surface area contributed by atoms with Gasteiger partial charge in [-0.2, -0.15) is 0 Å². The third kappa shape index (κ3) is 5.13. The first kappa shape index (κ1) is 16.5. The van der Waals surface area contributed by atoms with Gasteiger partial charge in [0, 0.05) is 24.1 Å². The Morgan fingerprint density at radius 2 is 2.27 bits per heavy atom. The summed E-state index contributed by atoms with van der Waals surface area (Å²) in [5, 5.41) is 5.13. The molecule has 1 aromatic carbocycles. The van der Waals surface area contributed by atoms with Gasteiger partial charge in [0.1, 0.15) is 5.82 Å². The molecule has 0 saturated heterocycles. The zero-order valence-electron chi connectivity index (χ0n) is 12.5. The number of hydrogen-bond acceptors (Lipinski definition) is 3. The SMILES string of the molecule is COCc1cc(CN=C(N)NCCc2cccs2)ccc1F. The Labute approximate surface area is 133 Å². The fraction of sp³-hybridized carbons (Fsp3) is 0.312. The average Bonchev–Trinajstić information content (AvgIpc) is 3.01. The van der Waals surface area contributed by atoms with Gasteiger partial charge in [0.25, 0.3) is 0 Å². The summed E-state index contributed by atoms with van der Waals surface area (Å²) >= 11 is 1.72. The van der Waals surface area contributed by atoms with Crippen LogP contribution in [0.2, 0.25) is 0 Å². The van der Waals surface area contributed by atoms with Crippen LogP contribution in [0.3, 0.4) is 0 Å². The molecule has 0 atom stereocenters. The Hall–Kier alpha value is -1.92. The van der Waals surface area contributed by atoms with E-state index in [-0.39, 0.29) is 12.4 Å². The third-order valence-corrected chi connectivity index (χ3v) is 4.04. The van der Waals surface area contributed by atoms with Crippen LogP contribution in [0.5, 0.6) is 0 Å². The van der Waals surface area contributed by atoms with Gasteiger partial charge in [-0.05, 0) is 35.6 Å². The predicted molar refractivity (Wildman–Crippen MR) is 88.5 cm³/mol. The molecule has 1 aromatic heterocycles. The lowest BCUT2D eigenvalue weighted by atomic mass is 10.1. The van der Waals surface area contributed by atoms with Gasteiger partial charge in [0.2, 0.25) is 0 Å². The maximum Gasteiger partial charge on any atom is 0.188 e. The summed E-state index contributed by atoms with van der Waals surface area (Å²) in [5.41, 5.74) is 7.26. The summed E-state index contributed by atoms with van der Waals surface area (Å²) in [6.45, 7) is 1.40. The van der Waals surface area contributed by atoms with E-state index in [2.05, 4.69) is 21.8 Å². The highest BCUT2D eigenvalue weighted by atomic mass is 32.1. The minimum atomic E-state index is -0.267. The fourth-order valence-electron chi connectivity index (χ4n) is 1.99. The molecule has 0 saturated carbocycles. The van der Waals surface area contributed by atoms with E-state index in [1.54, 1.807) is 30.6 Å². The van der Waals surface area contributed by atoms with Crippen LogP contribution in [0.1, 0.15) is 16.0 Å². The zero-order valence-corrected chi connectivity index (χ0v) is 13.3. The van der Waals surface area contributed by atoms with Crippen molar-refractivity contribution in [2.45, 2.75) is 19.6 Å². The van der Waals surface area contributed by atoms with Gasteiger partial charge < -0.3 is 15.8 Å². The second-order valence-corrected chi connectivity index (χ2v) is 5.85. The third-order valence-electron chi connectivity index (χ3n) is 3.10. The monoisotopic (exact) mass is 321 g/mol. The molecule has 0 aliphatic rings. The van der Waals surface area contributed by atoms with Gasteiger partial charge >= 0.3 is 0 Å². The quantitative estimate of drug-likeness (QED) is 0.609. The summed E-state index contributed by atoms with van der Waals surface area (Å²) in [6, 6.07) is 9.01. The lowest BCUT2D eigenvalue weighted by Crippen LogP contribution is -2.33. The summed E-state index contributed by atoms with van der Waals surface area (Å²) in [6.07, 6.45) is 0.919. The number of methoxy groups -OCH3 is 1. The van der Waals surface area contributed by atoms with Crippen molar-refractivity contribution in [1.29, 1.82) is 0 Å². The van der Waals surface area contributed by atoms with E-state index in [9.17, 15) is 4.39 Å². The summed E-state index contributed by atoms with van der Waals surface area (Å²) in [7, 11) is 1.54. The first-order valence-corrected chi connectivity index (χ1v) is 7.89. The maximum absolute atomic E-state index is 13.5. The molecule has 1 heterocycles. The molecular formula is C16H20FN3OS. The number of nitrogens with one attached hydrogen (secondary N) is 1. The van der Waals surface area contributed by atoms with Crippen molar-refractivity contribution in [2.75, 3.05) is 13.7 Å². The first-order valence-electron chi connectivity index (χ1n) is 7.01. The molecule has 0 fully saturated rings. The van der Waals surface area contributed by atoms with Crippen molar-refractivity contribution in [3.63, 3.8) is 0 Å². The number of nitrogens with zero attached hydrogens (tertiary/aromatic N) is 1. The van der Waals surface area contributed by atoms with Gasteiger partial charge in [-0.25, -0.2) is 9.38 Å². The topological polar surface area (TPSA) is 59.6 Å². The largest absolute Gasteiger partial charge is 0.380 e. The van der Waals surface area contributed by atoms with Crippen molar-refractivity contribution in [3.8, 4) is 0 Å². The van der Waals surface area contributed by atoms with Gasteiger partial charge in [0.15, 0.2) is 5.96 Å². The van der Waals surface area contributed by atoms with Crippen LogP contribution in [0.4, 0.5) is 4.39 Å². The zero-order chi connectivity index (χ0) is 15.8. The molecule has 0 spiro atoms. The Kier molecular flexibility index (Phi) is 6.36. The Morgan fingerprint density at radius 3 is 3.00 bits per heavy atom. The highest BCUT2D eigenvalue weighted by Gasteiger charge is 2.03. The average molecular weight is 321 g/mol. The predicted octanol–water partition coefficient (Wildman–Crippen LogP) is 2.68. The van der Waals surface area contributed by atoms with E-state index in [4.69, 9.17) is 10.5 Å². The Bertz CT molecular complexity index is 614. The van der Waals surface area contributed by atoms with Gasteiger partial charge in [0.05, 0.1) is 13.2 Å². The van der Waals surface area contributed by atoms with E-state index >= 15 is 0 Å². The van der Waals surface area contributed by atoms with E-state index in [1.165, 1.54) is 10.9 Å². The van der Waals surface area contributed by atoms with Crippen LogP contribution in [-0.2, 0) is 24.3 Å². The van der Waals surface area contributed by atoms with Crippen LogP contribution >= 0.6 is 11.3 Å². The van der Waals surface area contributed by atoms with Crippen LogP contribution in [0.25, 0.3) is 0 Å². The standard InChI is InChI=1S/C16H20FN3OS/c1-21-11-13-9-12(4-5-15(13)17)10-20-16(18)19-7-6-14-3-2-8-22-14/h2-5,8-9H,6-7,10-11H2,1H3,(H3,18,19,20). The van der Waals surface area contributed by atoms with Gasteiger partial charge in [-0.1, -0.05) is 12.1 Å². The number of thiophene rings is 1. The molecule has 3 N–H and O–H groups in total. The van der Waals surface area contributed by atoms with E-state index in [1.807, 2.05) is 6.07 Å². The summed E-state index contributed by atoms with van der Waals surface area (Å²) in [4.78, 5) is 5.58. The van der Waals surface area contributed by atoms with Crippen molar-refractivity contribution in [1.82, 2.24) is 5.32 Å². The summed E-state index contributed by atoms with van der Waals surface area (Å²) in [5.74, 6) is 0.130. The lowest BCUT2D eigenvalue weighted by Gasteiger charge is -2.06. The number of halogens is 1. The molecule has 0 bridgehead atoms. The Balaban J connectivity index is 1.83. The molecule has 0 amide bonds. The molecule has 22 heavy (non-hydrogen) atoms. The normalized spacial score (nSPS) is 11.6. The number of hydrogen-bond donors (Lipinski definition) is 2. The molecule has 4 nitrogen and oxygen atoms in total. The van der Waals surface area contributed by atoms with Gasteiger partial charge in [-0.15, -0.1) is 11.3 Å². The fourth-order valence-corrected chi connectivity index (χ4v) is 2.70. The lowest BCUT2D eigenvalue weighted by molar-refractivity contribution is 0.181. The van der Waals surface area contributed by atoms with Crippen molar-refractivity contribution < 1.29 is 9.13 Å². The Morgan fingerprint density at radius 1 is 1.41 bits per heavy atom. The summed E-state index contributed by atoms with van der Waals surface area (Å²) < 4.78 is 18.5. The number of guanidine groups is 1. The second-order valence-electron chi connectivity index (χ2n) is 4.82. The highest BCUT2D eigenvalue weighted by Crippen LogP contribution is 2.12. The van der Waals surface area contributed by atoms with E-state index in [0.717, 1.165) is 18.5 Å². The number of benzene rings is 1. The van der Waals surface area contributed by atoms with E-state index in [0.29, 0.717) is 18.1 Å². The number of nitrogens with two attached hydrogens (primary N) is 1. The van der Waals surface area contributed by atoms with E-state index < -0.39 is 0 Å². The maximum atomic E-state index is 13.5. The smallest absolute Gasteiger partial charge is 0.188 e. The van der Waals surface area contributed by atoms with Crippen LogP contribution in [0, 0.1) is 5.82 Å². The molecule has 0 aliphatic carbocycles. The highest BCUT2D eigenvalue weighted by molar-refractivity contribution is 7.09. The number of aliphatic imine (C=N–C) groups is 1. The first-order chi connectivity index (χ1) is 10.7. The van der Waals surface area contributed by atoms with Crippen molar-refractivity contribution >= 4 is 17.3 Å². The van der Waals surface area contributed by atoms with Crippen LogP contribution in [0.15, 0.2) is 40.7 Å². The minimum Gasteiger partial charge on any atom is -0.380 e. The molecular weight excluding hydrogens is 301 g/mol. The number of ether oxygens (including phenoxy) is 1.